The van der Waals surface area contributed by atoms with Crippen LogP contribution in [0.3, 0.4) is 0 Å². The van der Waals surface area contributed by atoms with E-state index in [1.54, 1.807) is 12.1 Å². The van der Waals surface area contributed by atoms with E-state index < -0.39 is 11.5 Å². The average Bonchev–Trinajstić information content (AvgIpc) is 2.75. The Hall–Kier alpha value is -3.41. The molecule has 2 aromatic rings. The van der Waals surface area contributed by atoms with Gasteiger partial charge in [0.25, 0.3) is 0 Å². The van der Waals surface area contributed by atoms with Crippen molar-refractivity contribution in [2.75, 3.05) is 0 Å². The summed E-state index contributed by atoms with van der Waals surface area (Å²) in [6.07, 6.45) is 3.16. The number of ketones is 2. The first-order chi connectivity index (χ1) is 15.3. The number of aliphatic hydroxyl groups excluding tert-OH is 2. The number of hydrogen-bond donors (Lipinski definition) is 2. The van der Waals surface area contributed by atoms with E-state index in [1.807, 2.05) is 26.0 Å². The van der Waals surface area contributed by atoms with E-state index >= 15 is 0 Å². The highest BCUT2D eigenvalue weighted by atomic mass is 19.1. The standard InChI is InChI=1S/C26H29FO5/c1-3-5-20(28)17-25(31)26(23(29)6-4-2)24(30)16-9-18-7-12-21(13-8-18)32-22-14-10-19(27)11-15-22/h7-8,10-15,17,30-31H,3-6,9,16H2,1-2H3. The maximum atomic E-state index is 13.0. The Kier molecular flexibility index (Phi) is 9.67. The van der Waals surface area contributed by atoms with Crippen LogP contribution in [-0.4, -0.2) is 21.8 Å². The molecule has 0 aliphatic carbocycles. The lowest BCUT2D eigenvalue weighted by Crippen LogP contribution is -2.10. The number of halogens is 1. The van der Waals surface area contributed by atoms with E-state index in [9.17, 15) is 24.2 Å². The predicted octanol–water partition coefficient (Wildman–Crippen LogP) is 6.54. The largest absolute Gasteiger partial charge is 0.511 e. The molecular weight excluding hydrogens is 411 g/mol. The molecule has 0 heterocycles. The first-order valence-electron chi connectivity index (χ1n) is 10.8. The summed E-state index contributed by atoms with van der Waals surface area (Å²) >= 11 is 0. The first-order valence-corrected chi connectivity index (χ1v) is 10.8. The van der Waals surface area contributed by atoms with Crippen molar-refractivity contribution in [2.45, 2.75) is 52.4 Å². The van der Waals surface area contributed by atoms with Crippen molar-refractivity contribution in [1.82, 2.24) is 0 Å². The van der Waals surface area contributed by atoms with Crippen LogP contribution in [0, 0.1) is 5.82 Å². The lowest BCUT2D eigenvalue weighted by Gasteiger charge is -2.10. The van der Waals surface area contributed by atoms with Crippen LogP contribution in [0.5, 0.6) is 11.5 Å². The summed E-state index contributed by atoms with van der Waals surface area (Å²) in [6.45, 7) is 3.67. The molecule has 0 saturated carbocycles. The Morgan fingerprint density at radius 3 is 2.00 bits per heavy atom. The summed E-state index contributed by atoms with van der Waals surface area (Å²) in [4.78, 5) is 24.3. The van der Waals surface area contributed by atoms with Crippen LogP contribution in [0.25, 0.3) is 0 Å². The van der Waals surface area contributed by atoms with Gasteiger partial charge in [-0.3, -0.25) is 9.59 Å². The molecule has 6 heteroatoms. The Bertz CT molecular complexity index is 972. The second kappa shape index (κ2) is 12.4. The van der Waals surface area contributed by atoms with Gasteiger partial charge in [0.15, 0.2) is 11.6 Å². The van der Waals surface area contributed by atoms with E-state index in [-0.39, 0.29) is 42.2 Å². The van der Waals surface area contributed by atoms with Crippen LogP contribution in [0.2, 0.25) is 0 Å². The molecule has 0 aliphatic heterocycles. The molecular formula is C26H29FO5. The number of benzene rings is 2. The molecule has 0 fully saturated rings. The van der Waals surface area contributed by atoms with Gasteiger partial charge in [0.05, 0.1) is 5.57 Å². The fourth-order valence-electron chi connectivity index (χ4n) is 3.10. The van der Waals surface area contributed by atoms with Gasteiger partial charge in [-0.05, 0) is 61.2 Å². The maximum Gasteiger partial charge on any atom is 0.169 e. The van der Waals surface area contributed by atoms with E-state index in [1.165, 1.54) is 24.3 Å². The number of allylic oxidation sites excluding steroid dienone is 3. The number of carbonyl (C=O) groups excluding carboxylic acids is 2. The summed E-state index contributed by atoms with van der Waals surface area (Å²) in [5.74, 6) is -0.668. The molecule has 0 radical (unpaired) electrons. The Morgan fingerprint density at radius 1 is 0.875 bits per heavy atom. The quantitative estimate of drug-likeness (QED) is 0.222. The number of ether oxygens (including phenoxy) is 1. The summed E-state index contributed by atoms with van der Waals surface area (Å²) < 4.78 is 18.6. The van der Waals surface area contributed by atoms with Gasteiger partial charge in [0, 0.05) is 25.3 Å². The zero-order valence-corrected chi connectivity index (χ0v) is 18.4. The van der Waals surface area contributed by atoms with Crippen molar-refractivity contribution in [3.63, 3.8) is 0 Å². The molecule has 2 N–H and O–H groups in total. The summed E-state index contributed by atoms with van der Waals surface area (Å²) in [7, 11) is 0. The van der Waals surface area contributed by atoms with Gasteiger partial charge in [0.2, 0.25) is 0 Å². The molecule has 2 rings (SSSR count). The van der Waals surface area contributed by atoms with E-state index in [2.05, 4.69) is 0 Å². The third kappa shape index (κ3) is 7.69. The number of Topliss-reactive ketones (excluding diaryl/α,β-unsaturated/α-hetero) is 1. The van der Waals surface area contributed by atoms with Crippen LogP contribution < -0.4 is 4.74 Å². The SMILES string of the molecule is CCCC(=O)C=C(O)C(C(=O)CCC)=C(O)CCc1ccc(Oc2ccc(F)cc2)cc1. The molecule has 0 spiro atoms. The van der Waals surface area contributed by atoms with E-state index in [4.69, 9.17) is 4.74 Å². The van der Waals surface area contributed by atoms with Crippen molar-refractivity contribution in [3.05, 3.63) is 83.1 Å². The van der Waals surface area contributed by atoms with E-state index in [0.29, 0.717) is 30.8 Å². The van der Waals surface area contributed by atoms with Crippen LogP contribution >= 0.6 is 0 Å². The number of hydrogen-bond acceptors (Lipinski definition) is 5. The molecule has 0 aromatic heterocycles. The normalized spacial score (nSPS) is 12.3. The van der Waals surface area contributed by atoms with Crippen LogP contribution in [0.15, 0.2) is 71.7 Å². The zero-order valence-electron chi connectivity index (χ0n) is 18.4. The smallest absolute Gasteiger partial charge is 0.169 e. The van der Waals surface area contributed by atoms with Crippen LogP contribution in [0.1, 0.15) is 51.5 Å². The Labute approximate surface area is 187 Å². The second-order valence-electron chi connectivity index (χ2n) is 7.44. The molecule has 2 aromatic carbocycles. The Morgan fingerprint density at radius 2 is 1.44 bits per heavy atom. The first kappa shape index (κ1) is 24.9. The predicted molar refractivity (Wildman–Crippen MR) is 121 cm³/mol. The van der Waals surface area contributed by atoms with Crippen molar-refractivity contribution in [2.24, 2.45) is 0 Å². The Balaban J connectivity index is 2.10. The fourth-order valence-corrected chi connectivity index (χ4v) is 3.10. The summed E-state index contributed by atoms with van der Waals surface area (Å²) in [5.41, 5.74) is 0.698. The van der Waals surface area contributed by atoms with Crippen LogP contribution in [0.4, 0.5) is 4.39 Å². The topological polar surface area (TPSA) is 83.8 Å². The van der Waals surface area contributed by atoms with Crippen molar-refractivity contribution in [1.29, 1.82) is 0 Å². The molecule has 0 amide bonds. The maximum absolute atomic E-state index is 13.0. The van der Waals surface area contributed by atoms with E-state index in [0.717, 1.165) is 11.6 Å². The average molecular weight is 441 g/mol. The molecule has 5 nitrogen and oxygen atoms in total. The molecule has 0 aliphatic rings. The van der Waals surface area contributed by atoms with Gasteiger partial charge >= 0.3 is 0 Å². The summed E-state index contributed by atoms with van der Waals surface area (Å²) in [6, 6.07) is 12.8. The summed E-state index contributed by atoms with van der Waals surface area (Å²) in [5, 5.41) is 20.9. The monoisotopic (exact) mass is 440 g/mol. The number of aliphatic hydroxyl groups is 2. The highest BCUT2D eigenvalue weighted by Crippen LogP contribution is 2.24. The van der Waals surface area contributed by atoms with Crippen molar-refractivity contribution >= 4 is 11.6 Å². The second-order valence-corrected chi connectivity index (χ2v) is 7.44. The van der Waals surface area contributed by atoms with Gasteiger partial charge in [-0.2, -0.15) is 0 Å². The zero-order chi connectivity index (χ0) is 23.5. The van der Waals surface area contributed by atoms with Gasteiger partial charge < -0.3 is 14.9 Å². The minimum atomic E-state index is -0.484. The number of rotatable bonds is 12. The highest BCUT2D eigenvalue weighted by molar-refractivity contribution is 6.01. The molecule has 170 valence electrons. The van der Waals surface area contributed by atoms with Gasteiger partial charge in [0.1, 0.15) is 28.8 Å². The van der Waals surface area contributed by atoms with Crippen molar-refractivity contribution < 1.29 is 28.9 Å². The fraction of sp³-hybridized carbons (Fsp3) is 0.308. The number of aryl methyl sites for hydroxylation is 1. The third-order valence-electron chi connectivity index (χ3n) is 4.72. The minimum Gasteiger partial charge on any atom is -0.511 e. The van der Waals surface area contributed by atoms with Gasteiger partial charge in [-0.1, -0.05) is 26.0 Å². The molecule has 0 unspecified atom stereocenters. The third-order valence-corrected chi connectivity index (χ3v) is 4.72. The lowest BCUT2D eigenvalue weighted by atomic mass is 9.99. The van der Waals surface area contributed by atoms with Gasteiger partial charge in [-0.15, -0.1) is 0 Å². The molecule has 32 heavy (non-hydrogen) atoms. The number of carbonyl (C=O) groups is 2. The minimum absolute atomic E-state index is 0.128. The van der Waals surface area contributed by atoms with Gasteiger partial charge in [-0.25, -0.2) is 4.39 Å². The van der Waals surface area contributed by atoms with Crippen molar-refractivity contribution in [3.8, 4) is 11.5 Å². The lowest BCUT2D eigenvalue weighted by molar-refractivity contribution is -0.115. The highest BCUT2D eigenvalue weighted by Gasteiger charge is 2.19. The van der Waals surface area contributed by atoms with Crippen LogP contribution in [-0.2, 0) is 16.0 Å². The molecule has 0 saturated heterocycles. The molecule has 0 bridgehead atoms. The molecule has 0 atom stereocenters.